The maximum atomic E-state index is 13.9. The Morgan fingerprint density at radius 3 is 2.90 bits per heavy atom. The Morgan fingerprint density at radius 2 is 2.14 bits per heavy atom. The Hall–Kier alpha value is -1.62. The van der Waals surface area contributed by atoms with Crippen molar-refractivity contribution in [2.45, 2.75) is 25.3 Å². The summed E-state index contributed by atoms with van der Waals surface area (Å²) in [6.45, 7) is 2.13. The van der Waals surface area contributed by atoms with Gasteiger partial charge in [-0.15, -0.1) is 0 Å². The van der Waals surface area contributed by atoms with Gasteiger partial charge in [-0.05, 0) is 56.3 Å². The molecule has 0 radical (unpaired) electrons. The topological polar surface area (TPSA) is 50.4 Å². The minimum Gasteiger partial charge on any atom is -0.497 e. The Morgan fingerprint density at radius 1 is 1.33 bits per heavy atom. The van der Waals surface area contributed by atoms with E-state index < -0.39 is 5.82 Å². The second kappa shape index (κ2) is 6.02. The summed E-state index contributed by atoms with van der Waals surface area (Å²) >= 11 is 0. The average molecular weight is 292 g/mol. The number of rotatable bonds is 3. The average Bonchev–Trinajstić information content (AvgIpc) is 2.94. The van der Waals surface area contributed by atoms with Crippen LogP contribution in [0.5, 0.6) is 5.75 Å². The van der Waals surface area contributed by atoms with E-state index >= 15 is 0 Å². The highest BCUT2D eigenvalue weighted by atomic mass is 19.1. The molecule has 1 aromatic rings. The summed E-state index contributed by atoms with van der Waals surface area (Å²) in [5.74, 6) is 0.940. The Labute approximate surface area is 124 Å². The third kappa shape index (κ3) is 3.02. The quantitative estimate of drug-likeness (QED) is 0.895. The highest BCUT2D eigenvalue weighted by Gasteiger charge is 2.34. The molecule has 2 N–H and O–H groups in total. The van der Waals surface area contributed by atoms with Crippen LogP contribution in [0.15, 0.2) is 18.2 Å². The van der Waals surface area contributed by atoms with Crippen molar-refractivity contribution in [2.24, 2.45) is 11.8 Å². The summed E-state index contributed by atoms with van der Waals surface area (Å²) in [7, 11) is 1.47. The Balaban J connectivity index is 1.63. The lowest BCUT2D eigenvalue weighted by atomic mass is 9.79. The first-order valence-electron chi connectivity index (χ1n) is 7.52. The number of amides is 1. The van der Waals surface area contributed by atoms with Crippen LogP contribution in [0.3, 0.4) is 0 Å². The normalized spacial score (nSPS) is 28.0. The molecule has 4 nitrogen and oxygen atoms in total. The number of hydrogen-bond donors (Lipinski definition) is 2. The fourth-order valence-corrected chi connectivity index (χ4v) is 3.50. The standard InChI is InChI=1S/C16H21FN2O2/c1-21-13-4-5-14(15(17)7-13)16(20)19-12-3-2-10-8-18-9-11(10)6-12/h4-5,7,10-12,18H,2-3,6,8-9H2,1H3,(H,19,20)/t10-,11+,12?/m0/s1. The van der Waals surface area contributed by atoms with Gasteiger partial charge in [0.15, 0.2) is 0 Å². The molecule has 1 amide bonds. The van der Waals surface area contributed by atoms with E-state index in [4.69, 9.17) is 4.74 Å². The van der Waals surface area contributed by atoms with E-state index in [0.717, 1.165) is 38.3 Å². The zero-order valence-corrected chi connectivity index (χ0v) is 12.2. The van der Waals surface area contributed by atoms with Crippen molar-refractivity contribution in [3.63, 3.8) is 0 Å². The number of hydrogen-bond acceptors (Lipinski definition) is 3. The van der Waals surface area contributed by atoms with Crippen LogP contribution in [0.2, 0.25) is 0 Å². The molecule has 114 valence electrons. The van der Waals surface area contributed by atoms with Gasteiger partial charge in [-0.25, -0.2) is 4.39 Å². The van der Waals surface area contributed by atoms with E-state index in [9.17, 15) is 9.18 Å². The largest absolute Gasteiger partial charge is 0.497 e. The van der Waals surface area contributed by atoms with E-state index in [2.05, 4.69) is 10.6 Å². The van der Waals surface area contributed by atoms with Crippen molar-refractivity contribution in [1.82, 2.24) is 10.6 Å². The maximum absolute atomic E-state index is 13.9. The van der Waals surface area contributed by atoms with E-state index in [-0.39, 0.29) is 17.5 Å². The second-order valence-electron chi connectivity index (χ2n) is 6.01. The number of carbonyl (C=O) groups is 1. The molecule has 1 saturated carbocycles. The molecule has 1 heterocycles. The van der Waals surface area contributed by atoms with Crippen LogP contribution in [-0.4, -0.2) is 32.1 Å². The molecule has 0 aromatic heterocycles. The van der Waals surface area contributed by atoms with E-state index in [1.165, 1.54) is 19.2 Å². The molecule has 1 aliphatic carbocycles. The molecule has 1 aliphatic heterocycles. The number of carbonyl (C=O) groups excluding carboxylic acids is 1. The molecular formula is C16H21FN2O2. The van der Waals surface area contributed by atoms with Crippen molar-refractivity contribution in [3.05, 3.63) is 29.6 Å². The van der Waals surface area contributed by atoms with Gasteiger partial charge in [0.25, 0.3) is 5.91 Å². The molecule has 5 heteroatoms. The fraction of sp³-hybridized carbons (Fsp3) is 0.562. The van der Waals surface area contributed by atoms with Crippen LogP contribution in [0.4, 0.5) is 4.39 Å². The van der Waals surface area contributed by atoms with Gasteiger partial charge >= 0.3 is 0 Å². The van der Waals surface area contributed by atoms with Gasteiger partial charge in [0.1, 0.15) is 11.6 Å². The van der Waals surface area contributed by atoms with Crippen molar-refractivity contribution in [1.29, 1.82) is 0 Å². The molecule has 1 saturated heterocycles. The molecule has 3 rings (SSSR count). The lowest BCUT2D eigenvalue weighted by Crippen LogP contribution is -2.40. The van der Waals surface area contributed by atoms with Gasteiger partial charge in [-0.2, -0.15) is 0 Å². The van der Waals surface area contributed by atoms with Gasteiger partial charge < -0.3 is 15.4 Å². The molecule has 0 spiro atoms. The van der Waals surface area contributed by atoms with E-state index in [1.807, 2.05) is 0 Å². The minimum atomic E-state index is -0.539. The number of nitrogens with one attached hydrogen (secondary N) is 2. The summed E-state index contributed by atoms with van der Waals surface area (Å²) < 4.78 is 18.9. The third-order valence-corrected chi connectivity index (χ3v) is 4.71. The highest BCUT2D eigenvalue weighted by molar-refractivity contribution is 5.94. The summed E-state index contributed by atoms with van der Waals surface area (Å²) in [5, 5.41) is 6.38. The minimum absolute atomic E-state index is 0.0856. The zero-order chi connectivity index (χ0) is 14.8. The molecule has 3 atom stereocenters. The Bertz CT molecular complexity index is 535. The van der Waals surface area contributed by atoms with Gasteiger partial charge in [-0.3, -0.25) is 4.79 Å². The van der Waals surface area contributed by atoms with Crippen LogP contribution in [0.25, 0.3) is 0 Å². The fourth-order valence-electron chi connectivity index (χ4n) is 3.50. The molecule has 0 bridgehead atoms. The number of methoxy groups -OCH3 is 1. The summed E-state index contributed by atoms with van der Waals surface area (Å²) in [4.78, 5) is 12.2. The Kier molecular flexibility index (Phi) is 4.10. The van der Waals surface area contributed by atoms with Crippen LogP contribution >= 0.6 is 0 Å². The second-order valence-corrected chi connectivity index (χ2v) is 6.01. The summed E-state index contributed by atoms with van der Waals surface area (Å²) in [5.41, 5.74) is 0.0856. The highest BCUT2D eigenvalue weighted by Crippen LogP contribution is 2.32. The van der Waals surface area contributed by atoms with Crippen molar-refractivity contribution < 1.29 is 13.9 Å². The smallest absolute Gasteiger partial charge is 0.254 e. The lowest BCUT2D eigenvalue weighted by molar-refractivity contribution is 0.0909. The first kappa shape index (κ1) is 14.3. The zero-order valence-electron chi connectivity index (χ0n) is 12.2. The molecule has 1 aromatic carbocycles. The molecule has 2 aliphatic rings. The maximum Gasteiger partial charge on any atom is 0.254 e. The lowest BCUT2D eigenvalue weighted by Gasteiger charge is -2.31. The van der Waals surface area contributed by atoms with Crippen LogP contribution < -0.4 is 15.4 Å². The van der Waals surface area contributed by atoms with Crippen LogP contribution in [0.1, 0.15) is 29.6 Å². The molecular weight excluding hydrogens is 271 g/mol. The van der Waals surface area contributed by atoms with Crippen molar-refractivity contribution in [3.8, 4) is 5.75 Å². The molecule has 1 unspecified atom stereocenters. The summed E-state index contributed by atoms with van der Waals surface area (Å²) in [6, 6.07) is 4.48. The number of halogens is 1. The third-order valence-electron chi connectivity index (χ3n) is 4.71. The first-order valence-corrected chi connectivity index (χ1v) is 7.52. The van der Waals surface area contributed by atoms with Gasteiger partial charge in [-0.1, -0.05) is 0 Å². The van der Waals surface area contributed by atoms with Gasteiger partial charge in [0.2, 0.25) is 0 Å². The van der Waals surface area contributed by atoms with Crippen molar-refractivity contribution in [2.75, 3.05) is 20.2 Å². The monoisotopic (exact) mass is 292 g/mol. The predicted molar refractivity (Wildman–Crippen MR) is 77.9 cm³/mol. The van der Waals surface area contributed by atoms with E-state index in [1.54, 1.807) is 6.07 Å². The molecule has 2 fully saturated rings. The van der Waals surface area contributed by atoms with Crippen molar-refractivity contribution >= 4 is 5.91 Å². The van der Waals surface area contributed by atoms with Crippen LogP contribution in [-0.2, 0) is 0 Å². The molecule has 21 heavy (non-hydrogen) atoms. The van der Waals surface area contributed by atoms with Gasteiger partial charge in [0, 0.05) is 12.1 Å². The van der Waals surface area contributed by atoms with E-state index in [0.29, 0.717) is 11.7 Å². The van der Waals surface area contributed by atoms with Crippen LogP contribution in [0, 0.1) is 17.7 Å². The number of fused-ring (bicyclic) bond motifs is 1. The first-order chi connectivity index (χ1) is 10.2. The number of ether oxygens (including phenoxy) is 1. The predicted octanol–water partition coefficient (Wildman–Crippen LogP) is 1.95. The number of benzene rings is 1. The summed E-state index contributed by atoms with van der Waals surface area (Å²) in [6.07, 6.45) is 3.10. The SMILES string of the molecule is COc1ccc(C(=O)NC2CC[C@H]3CNC[C@H]3C2)c(F)c1. The van der Waals surface area contributed by atoms with Gasteiger partial charge in [0.05, 0.1) is 12.7 Å².